The maximum Gasteiger partial charge on any atom is 0.209 e. The molecule has 0 bridgehead atoms. The number of nitrogen functional groups attached to an aromatic ring is 1. The molecule has 5 heteroatoms. The Bertz CT molecular complexity index is 386. The number of carbonyl (C=O) groups excluding carboxylic acids is 1. The second kappa shape index (κ2) is 4.38. The number of piperazine rings is 1. The van der Waals surface area contributed by atoms with Crippen molar-refractivity contribution in [3.63, 3.8) is 0 Å². The minimum atomic E-state index is 0.718. The lowest BCUT2D eigenvalue weighted by molar-refractivity contribution is -0.118. The Labute approximate surface area is 94.9 Å². The van der Waals surface area contributed by atoms with E-state index in [2.05, 4.69) is 9.88 Å². The predicted molar refractivity (Wildman–Crippen MR) is 63.2 cm³/mol. The highest BCUT2D eigenvalue weighted by molar-refractivity contribution is 5.53. The molecule has 5 nitrogen and oxygen atoms in total. The first-order valence-electron chi connectivity index (χ1n) is 5.37. The number of aryl methyl sites for hydroxylation is 1. The Balaban J connectivity index is 2.08. The summed E-state index contributed by atoms with van der Waals surface area (Å²) in [5.41, 5.74) is 7.49. The van der Waals surface area contributed by atoms with Crippen LogP contribution in [0.4, 0.5) is 11.5 Å². The van der Waals surface area contributed by atoms with Gasteiger partial charge in [0.25, 0.3) is 0 Å². The Morgan fingerprint density at radius 2 is 2.06 bits per heavy atom. The normalized spacial score (nSPS) is 16.3. The van der Waals surface area contributed by atoms with Crippen molar-refractivity contribution < 1.29 is 4.79 Å². The van der Waals surface area contributed by atoms with Crippen LogP contribution in [-0.4, -0.2) is 42.5 Å². The number of hydrogen-bond acceptors (Lipinski definition) is 4. The zero-order valence-corrected chi connectivity index (χ0v) is 9.39. The van der Waals surface area contributed by atoms with Crippen molar-refractivity contribution in [1.82, 2.24) is 9.88 Å². The molecule has 0 aromatic carbocycles. The quantitative estimate of drug-likeness (QED) is 0.726. The van der Waals surface area contributed by atoms with Crippen molar-refractivity contribution in [3.8, 4) is 0 Å². The van der Waals surface area contributed by atoms with Gasteiger partial charge in [-0.3, -0.25) is 4.79 Å². The Kier molecular flexibility index (Phi) is 2.94. The number of hydrogen-bond donors (Lipinski definition) is 1. The van der Waals surface area contributed by atoms with Gasteiger partial charge >= 0.3 is 0 Å². The lowest BCUT2D eigenvalue weighted by Crippen LogP contribution is -2.46. The van der Waals surface area contributed by atoms with E-state index in [1.165, 1.54) is 0 Å². The largest absolute Gasteiger partial charge is 0.397 e. The Hall–Kier alpha value is -1.78. The van der Waals surface area contributed by atoms with Crippen LogP contribution in [0, 0.1) is 6.92 Å². The molecule has 1 fully saturated rings. The van der Waals surface area contributed by atoms with Gasteiger partial charge in [0, 0.05) is 26.2 Å². The van der Waals surface area contributed by atoms with Gasteiger partial charge in [-0.25, -0.2) is 4.98 Å². The zero-order valence-electron chi connectivity index (χ0n) is 9.39. The molecule has 2 N–H and O–H groups in total. The van der Waals surface area contributed by atoms with Crippen LogP contribution >= 0.6 is 0 Å². The first-order valence-corrected chi connectivity index (χ1v) is 5.37. The van der Waals surface area contributed by atoms with E-state index < -0.39 is 0 Å². The summed E-state index contributed by atoms with van der Waals surface area (Å²) >= 11 is 0. The number of anilines is 2. The van der Waals surface area contributed by atoms with E-state index in [0.717, 1.165) is 49.7 Å². The molecule has 0 saturated carbocycles. The van der Waals surface area contributed by atoms with Gasteiger partial charge in [-0.15, -0.1) is 0 Å². The number of nitrogens with two attached hydrogens (primary N) is 1. The fraction of sp³-hybridized carbons (Fsp3) is 0.455. The molecule has 1 aliphatic rings. The van der Waals surface area contributed by atoms with Crippen LogP contribution in [0.5, 0.6) is 0 Å². The van der Waals surface area contributed by atoms with Gasteiger partial charge in [0.15, 0.2) is 0 Å². The fourth-order valence-electron chi connectivity index (χ4n) is 1.78. The third-order valence-electron chi connectivity index (χ3n) is 2.92. The number of pyridine rings is 1. The molecule has 2 rings (SSSR count). The maximum atomic E-state index is 10.6. The molecule has 16 heavy (non-hydrogen) atoms. The summed E-state index contributed by atoms with van der Waals surface area (Å²) in [4.78, 5) is 18.8. The van der Waals surface area contributed by atoms with Crippen molar-refractivity contribution in [2.75, 3.05) is 36.8 Å². The summed E-state index contributed by atoms with van der Waals surface area (Å²) in [6, 6.07) is 1.99. The van der Waals surface area contributed by atoms with Gasteiger partial charge in [-0.1, -0.05) is 0 Å². The predicted octanol–water partition coefficient (Wildman–Crippen LogP) is 0.251. The van der Waals surface area contributed by atoms with E-state index in [9.17, 15) is 4.79 Å². The molecule has 0 radical (unpaired) electrons. The van der Waals surface area contributed by atoms with E-state index in [-0.39, 0.29) is 0 Å². The maximum absolute atomic E-state index is 10.6. The van der Waals surface area contributed by atoms with Crippen LogP contribution in [-0.2, 0) is 4.79 Å². The van der Waals surface area contributed by atoms with E-state index in [0.29, 0.717) is 0 Å². The van der Waals surface area contributed by atoms with Crippen LogP contribution in [0.3, 0.4) is 0 Å². The molecule has 0 unspecified atom stereocenters. The van der Waals surface area contributed by atoms with Crippen LogP contribution in [0.2, 0.25) is 0 Å². The van der Waals surface area contributed by atoms with Gasteiger partial charge in [0.05, 0.1) is 11.9 Å². The van der Waals surface area contributed by atoms with E-state index >= 15 is 0 Å². The summed E-state index contributed by atoms with van der Waals surface area (Å²) in [5, 5.41) is 0. The van der Waals surface area contributed by atoms with E-state index in [1.807, 2.05) is 13.0 Å². The highest BCUT2D eigenvalue weighted by atomic mass is 16.1. The smallest absolute Gasteiger partial charge is 0.209 e. The Morgan fingerprint density at radius 1 is 1.38 bits per heavy atom. The lowest BCUT2D eigenvalue weighted by Gasteiger charge is -2.33. The fourth-order valence-corrected chi connectivity index (χ4v) is 1.78. The number of aromatic nitrogens is 1. The second-order valence-electron chi connectivity index (χ2n) is 4.03. The number of nitrogens with zero attached hydrogens (tertiary/aromatic N) is 3. The standard InChI is InChI=1S/C11H16N4O/c1-9-6-11(13-7-10(9)12)15-4-2-14(8-16)3-5-15/h6-8H,2-5,12H2,1H3. The molecule has 1 aromatic heterocycles. The average Bonchev–Trinajstić information content (AvgIpc) is 2.33. The van der Waals surface area contributed by atoms with Gasteiger partial charge in [-0.05, 0) is 18.6 Å². The second-order valence-corrected chi connectivity index (χ2v) is 4.03. The molecular formula is C11H16N4O. The minimum Gasteiger partial charge on any atom is -0.397 e. The third-order valence-corrected chi connectivity index (χ3v) is 2.92. The van der Waals surface area contributed by atoms with Crippen molar-refractivity contribution in [2.24, 2.45) is 0 Å². The van der Waals surface area contributed by atoms with Crippen LogP contribution in [0.25, 0.3) is 0 Å². The van der Waals surface area contributed by atoms with Gasteiger partial charge in [0.2, 0.25) is 6.41 Å². The van der Waals surface area contributed by atoms with Crippen LogP contribution in [0.1, 0.15) is 5.56 Å². The lowest BCUT2D eigenvalue weighted by atomic mass is 10.2. The Morgan fingerprint density at radius 3 is 2.62 bits per heavy atom. The summed E-state index contributed by atoms with van der Waals surface area (Å²) in [7, 11) is 0. The van der Waals surface area contributed by atoms with Gasteiger partial charge in [-0.2, -0.15) is 0 Å². The topological polar surface area (TPSA) is 62.5 Å². The molecule has 0 atom stereocenters. The van der Waals surface area contributed by atoms with Gasteiger partial charge < -0.3 is 15.5 Å². The molecular weight excluding hydrogens is 204 g/mol. The van der Waals surface area contributed by atoms with Crippen LogP contribution in [0.15, 0.2) is 12.3 Å². The molecule has 2 heterocycles. The SMILES string of the molecule is Cc1cc(N2CCN(C=O)CC2)ncc1N. The highest BCUT2D eigenvalue weighted by Gasteiger charge is 2.16. The average molecular weight is 220 g/mol. The summed E-state index contributed by atoms with van der Waals surface area (Å²) in [6.45, 7) is 5.15. The monoisotopic (exact) mass is 220 g/mol. The minimum absolute atomic E-state index is 0.718. The molecule has 0 aliphatic carbocycles. The van der Waals surface area contributed by atoms with Crippen molar-refractivity contribution >= 4 is 17.9 Å². The van der Waals surface area contributed by atoms with Crippen molar-refractivity contribution in [2.45, 2.75) is 6.92 Å². The third kappa shape index (κ3) is 2.08. The molecule has 86 valence electrons. The van der Waals surface area contributed by atoms with E-state index in [4.69, 9.17) is 5.73 Å². The molecule has 1 aromatic rings. The molecule has 1 amide bonds. The first-order chi connectivity index (χ1) is 7.70. The molecule has 1 saturated heterocycles. The van der Waals surface area contributed by atoms with Gasteiger partial charge in [0.1, 0.15) is 5.82 Å². The molecule has 0 spiro atoms. The zero-order chi connectivity index (χ0) is 11.5. The summed E-state index contributed by atoms with van der Waals surface area (Å²) in [5.74, 6) is 0.942. The number of amides is 1. The highest BCUT2D eigenvalue weighted by Crippen LogP contribution is 2.18. The van der Waals surface area contributed by atoms with Crippen LogP contribution < -0.4 is 10.6 Å². The van der Waals surface area contributed by atoms with Crippen molar-refractivity contribution in [3.05, 3.63) is 17.8 Å². The van der Waals surface area contributed by atoms with E-state index in [1.54, 1.807) is 11.1 Å². The summed E-state index contributed by atoms with van der Waals surface area (Å²) in [6.07, 6.45) is 2.59. The number of rotatable bonds is 2. The first kappa shape index (κ1) is 10.7. The number of carbonyl (C=O) groups is 1. The van der Waals surface area contributed by atoms with Crippen molar-refractivity contribution in [1.29, 1.82) is 0 Å². The molecule has 1 aliphatic heterocycles. The summed E-state index contributed by atoms with van der Waals surface area (Å²) < 4.78 is 0.